The van der Waals surface area contributed by atoms with E-state index in [4.69, 9.17) is 16.7 Å². The summed E-state index contributed by atoms with van der Waals surface area (Å²) in [6, 6.07) is 6.58. The van der Waals surface area contributed by atoms with Crippen molar-refractivity contribution >= 4 is 27.3 Å². The van der Waals surface area contributed by atoms with E-state index in [0.717, 1.165) is 24.3 Å². The number of sulfonamides is 1. The minimum atomic E-state index is -4.25. The Morgan fingerprint density at radius 2 is 1.76 bits per heavy atom. The highest BCUT2D eigenvalue weighted by molar-refractivity contribution is 7.92. The fourth-order valence-corrected chi connectivity index (χ4v) is 3.17. The molecule has 2 rings (SSSR count). The van der Waals surface area contributed by atoms with Gasteiger partial charge in [-0.3, -0.25) is 4.72 Å². The molecule has 0 aromatic heterocycles. The van der Waals surface area contributed by atoms with Gasteiger partial charge in [-0.2, -0.15) is 0 Å². The van der Waals surface area contributed by atoms with Crippen LogP contribution in [0.3, 0.4) is 0 Å². The molecular weight excluding hydrogens is 324 g/mol. The molecule has 0 aliphatic heterocycles. The number of halogens is 3. The van der Waals surface area contributed by atoms with Crippen molar-refractivity contribution in [1.29, 1.82) is 0 Å². The molecule has 0 unspecified atom stereocenters. The molecular formula is C13H10ClF2NO3S. The van der Waals surface area contributed by atoms with Crippen molar-refractivity contribution in [3.63, 3.8) is 0 Å². The second-order valence-corrected chi connectivity index (χ2v) is 6.23. The van der Waals surface area contributed by atoms with Crippen molar-refractivity contribution in [1.82, 2.24) is 0 Å². The highest BCUT2D eigenvalue weighted by Crippen LogP contribution is 2.25. The number of hydrogen-bond donors (Lipinski definition) is 2. The zero-order valence-electron chi connectivity index (χ0n) is 10.5. The largest absolute Gasteiger partial charge is 0.392 e. The maximum atomic E-state index is 14.0. The van der Waals surface area contributed by atoms with E-state index in [1.54, 1.807) is 0 Å². The molecule has 21 heavy (non-hydrogen) atoms. The summed E-state index contributed by atoms with van der Waals surface area (Å²) in [6.45, 7) is -0.689. The molecule has 2 N–H and O–H groups in total. The van der Waals surface area contributed by atoms with Gasteiger partial charge in [0.05, 0.1) is 6.61 Å². The van der Waals surface area contributed by atoms with Crippen LogP contribution >= 0.6 is 11.6 Å². The maximum Gasteiger partial charge on any atom is 0.264 e. The Kier molecular flexibility index (Phi) is 4.46. The van der Waals surface area contributed by atoms with Crippen LogP contribution < -0.4 is 4.72 Å². The van der Waals surface area contributed by atoms with Crippen LogP contribution in [0.1, 0.15) is 5.56 Å². The lowest BCUT2D eigenvalue weighted by Crippen LogP contribution is -2.15. The second-order valence-electron chi connectivity index (χ2n) is 4.15. The monoisotopic (exact) mass is 333 g/mol. The van der Waals surface area contributed by atoms with Crippen molar-refractivity contribution < 1.29 is 22.3 Å². The Labute approximate surface area is 125 Å². The molecule has 4 nitrogen and oxygen atoms in total. The Hall–Kier alpha value is -1.70. The molecule has 0 heterocycles. The van der Waals surface area contributed by atoms with Crippen molar-refractivity contribution in [2.45, 2.75) is 11.5 Å². The molecule has 0 atom stereocenters. The summed E-state index contributed by atoms with van der Waals surface area (Å²) in [5, 5.41) is 8.97. The molecule has 0 aliphatic rings. The summed E-state index contributed by atoms with van der Waals surface area (Å²) in [5.41, 5.74) is -0.164. The second kappa shape index (κ2) is 5.97. The molecule has 0 aliphatic carbocycles. The average Bonchev–Trinajstić information content (AvgIpc) is 2.43. The van der Waals surface area contributed by atoms with E-state index in [1.165, 1.54) is 12.1 Å². The van der Waals surface area contributed by atoms with Gasteiger partial charge in [-0.25, -0.2) is 17.2 Å². The van der Waals surface area contributed by atoms with Crippen molar-refractivity contribution in [2.75, 3.05) is 4.72 Å². The summed E-state index contributed by atoms with van der Waals surface area (Å²) in [6.07, 6.45) is 0. The van der Waals surface area contributed by atoms with Gasteiger partial charge < -0.3 is 5.11 Å². The first-order chi connectivity index (χ1) is 9.83. The molecule has 0 radical (unpaired) electrons. The Bertz CT molecular complexity index is 764. The standard InChI is InChI=1S/C13H10ClF2NO3S/c14-9-5-8(7-18)13(16)12(6-9)21(19,20)17-11-3-1-10(15)2-4-11/h1-6,17-18H,7H2. The fourth-order valence-electron chi connectivity index (χ4n) is 1.66. The van der Waals surface area contributed by atoms with E-state index in [2.05, 4.69) is 4.72 Å². The van der Waals surface area contributed by atoms with Crippen molar-refractivity contribution in [3.8, 4) is 0 Å². The highest BCUT2D eigenvalue weighted by atomic mass is 35.5. The predicted molar refractivity (Wildman–Crippen MR) is 74.5 cm³/mol. The molecule has 0 saturated carbocycles. The summed E-state index contributed by atoms with van der Waals surface area (Å²) >= 11 is 5.71. The summed E-state index contributed by atoms with van der Waals surface area (Å²) in [7, 11) is -4.25. The third kappa shape index (κ3) is 3.49. The third-order valence-electron chi connectivity index (χ3n) is 2.64. The molecule has 2 aromatic rings. The van der Waals surface area contributed by atoms with Crippen LogP contribution in [0.4, 0.5) is 14.5 Å². The highest BCUT2D eigenvalue weighted by Gasteiger charge is 2.22. The van der Waals surface area contributed by atoms with E-state index in [0.29, 0.717) is 0 Å². The number of benzene rings is 2. The van der Waals surface area contributed by atoms with Gasteiger partial charge in [-0.15, -0.1) is 0 Å². The van der Waals surface area contributed by atoms with Crippen molar-refractivity contribution in [3.05, 3.63) is 58.6 Å². The van der Waals surface area contributed by atoms with E-state index in [-0.39, 0.29) is 16.3 Å². The van der Waals surface area contributed by atoms with Gasteiger partial charge in [-0.1, -0.05) is 11.6 Å². The molecule has 0 fully saturated rings. The molecule has 0 amide bonds. The van der Waals surface area contributed by atoms with E-state index in [9.17, 15) is 17.2 Å². The van der Waals surface area contributed by atoms with Gasteiger partial charge in [0, 0.05) is 16.3 Å². The average molecular weight is 334 g/mol. The smallest absolute Gasteiger partial charge is 0.264 e. The van der Waals surface area contributed by atoms with Gasteiger partial charge in [0.1, 0.15) is 16.5 Å². The van der Waals surface area contributed by atoms with E-state index in [1.807, 2.05) is 0 Å². The minimum absolute atomic E-state index is 0.0278. The predicted octanol–water partition coefficient (Wildman–Crippen LogP) is 2.91. The van der Waals surface area contributed by atoms with Gasteiger partial charge in [0.2, 0.25) is 0 Å². The van der Waals surface area contributed by atoms with Crippen LogP contribution in [0.5, 0.6) is 0 Å². The van der Waals surface area contributed by atoms with Crippen LogP contribution in [0.15, 0.2) is 41.3 Å². The Morgan fingerprint density at radius 1 is 1.14 bits per heavy atom. The fraction of sp³-hybridized carbons (Fsp3) is 0.0769. The summed E-state index contributed by atoms with van der Waals surface area (Å²) < 4.78 is 53.2. The number of aliphatic hydroxyl groups excluding tert-OH is 1. The SMILES string of the molecule is O=S(=O)(Nc1ccc(F)cc1)c1cc(Cl)cc(CO)c1F. The van der Waals surface area contributed by atoms with Gasteiger partial charge >= 0.3 is 0 Å². The van der Waals surface area contributed by atoms with Crippen molar-refractivity contribution in [2.24, 2.45) is 0 Å². The molecule has 0 bridgehead atoms. The molecule has 112 valence electrons. The lowest BCUT2D eigenvalue weighted by Gasteiger charge is -2.11. The number of hydrogen-bond acceptors (Lipinski definition) is 3. The summed E-state index contributed by atoms with van der Waals surface area (Å²) in [4.78, 5) is -0.691. The summed E-state index contributed by atoms with van der Waals surface area (Å²) in [5.74, 6) is -1.62. The zero-order valence-corrected chi connectivity index (χ0v) is 12.0. The lowest BCUT2D eigenvalue weighted by atomic mass is 10.2. The molecule has 8 heteroatoms. The van der Waals surface area contributed by atoms with E-state index < -0.39 is 33.2 Å². The normalized spacial score (nSPS) is 11.4. The van der Waals surface area contributed by atoms with Gasteiger partial charge in [0.25, 0.3) is 10.0 Å². The first kappa shape index (κ1) is 15.7. The van der Waals surface area contributed by atoms with Crippen LogP contribution in [-0.4, -0.2) is 13.5 Å². The first-order valence-corrected chi connectivity index (χ1v) is 7.57. The van der Waals surface area contributed by atoms with Crippen LogP contribution in [-0.2, 0) is 16.6 Å². The topological polar surface area (TPSA) is 66.4 Å². The number of nitrogens with one attached hydrogen (secondary N) is 1. The third-order valence-corrected chi connectivity index (χ3v) is 4.23. The molecule has 2 aromatic carbocycles. The Balaban J connectivity index is 2.44. The molecule has 0 saturated heterocycles. The minimum Gasteiger partial charge on any atom is -0.392 e. The first-order valence-electron chi connectivity index (χ1n) is 5.70. The number of aliphatic hydroxyl groups is 1. The van der Waals surface area contributed by atoms with Gasteiger partial charge in [-0.05, 0) is 36.4 Å². The zero-order chi connectivity index (χ0) is 15.6. The van der Waals surface area contributed by atoms with Gasteiger partial charge in [0.15, 0.2) is 0 Å². The maximum absolute atomic E-state index is 14.0. The Morgan fingerprint density at radius 3 is 2.33 bits per heavy atom. The number of rotatable bonds is 4. The van der Waals surface area contributed by atoms with Crippen LogP contribution in [0.2, 0.25) is 5.02 Å². The molecule has 0 spiro atoms. The lowest BCUT2D eigenvalue weighted by molar-refractivity contribution is 0.274. The van der Waals surface area contributed by atoms with Crippen LogP contribution in [0.25, 0.3) is 0 Å². The quantitative estimate of drug-likeness (QED) is 0.904. The number of anilines is 1. The van der Waals surface area contributed by atoms with E-state index >= 15 is 0 Å². The van der Waals surface area contributed by atoms with Crippen LogP contribution in [0, 0.1) is 11.6 Å².